The zero-order valence-corrected chi connectivity index (χ0v) is 22.4. The number of rotatable bonds is 8. The van der Waals surface area contributed by atoms with Crippen LogP contribution in [0.15, 0.2) is 24.5 Å². The van der Waals surface area contributed by atoms with Gasteiger partial charge in [-0.05, 0) is 95.8 Å². The summed E-state index contributed by atoms with van der Waals surface area (Å²) in [6.45, 7) is 13.2. The lowest BCUT2D eigenvalue weighted by atomic mass is 9.97. The summed E-state index contributed by atoms with van der Waals surface area (Å²) in [5.41, 5.74) is 3.85. The van der Waals surface area contributed by atoms with E-state index in [-0.39, 0.29) is 5.91 Å². The van der Waals surface area contributed by atoms with Crippen LogP contribution >= 0.6 is 0 Å². The first-order valence-corrected chi connectivity index (χ1v) is 12.6. The van der Waals surface area contributed by atoms with Crippen LogP contribution in [0.25, 0.3) is 0 Å². The van der Waals surface area contributed by atoms with Gasteiger partial charge >= 0.3 is 6.09 Å². The number of hydrogen-bond donors (Lipinski definition) is 3. The Hall–Kier alpha value is -3.20. The van der Waals surface area contributed by atoms with Gasteiger partial charge in [0, 0.05) is 32.0 Å². The van der Waals surface area contributed by atoms with E-state index < -0.39 is 11.7 Å². The standard InChI is InChI=1S/C27H40N6O3/c1-18-13-21(16-32-26(35)36-27(3,4)5)14-19(2)22(18)17-31-25(34)23-24(29-10-9-28-23)30-15-20-7-11-33(6)12-8-20/h9-10,13-14,20H,7-8,11-12,15-17H2,1-6H3,(H,29,30)(H,31,34)(H,32,35). The summed E-state index contributed by atoms with van der Waals surface area (Å²) in [6.07, 6.45) is 4.96. The fourth-order valence-corrected chi connectivity index (χ4v) is 4.35. The van der Waals surface area contributed by atoms with E-state index in [0.717, 1.165) is 54.7 Å². The third-order valence-corrected chi connectivity index (χ3v) is 6.33. The van der Waals surface area contributed by atoms with Crippen molar-refractivity contribution in [2.75, 3.05) is 32.0 Å². The normalized spacial score (nSPS) is 14.8. The van der Waals surface area contributed by atoms with Crippen molar-refractivity contribution >= 4 is 17.8 Å². The molecule has 1 aromatic heterocycles. The molecule has 36 heavy (non-hydrogen) atoms. The molecule has 0 bridgehead atoms. The quantitative estimate of drug-likeness (QED) is 0.510. The minimum Gasteiger partial charge on any atom is -0.444 e. The lowest BCUT2D eigenvalue weighted by molar-refractivity contribution is 0.0523. The van der Waals surface area contributed by atoms with Crippen molar-refractivity contribution in [1.29, 1.82) is 0 Å². The molecule has 1 aliphatic rings. The Balaban J connectivity index is 1.57. The minimum absolute atomic E-state index is 0.261. The highest BCUT2D eigenvalue weighted by Gasteiger charge is 2.20. The number of carbonyl (C=O) groups is 2. The Kier molecular flexibility index (Phi) is 9.25. The molecular formula is C27H40N6O3. The van der Waals surface area contributed by atoms with Gasteiger partial charge in [0.2, 0.25) is 0 Å². The molecule has 2 amide bonds. The maximum atomic E-state index is 13.0. The Morgan fingerprint density at radius 1 is 1.03 bits per heavy atom. The third kappa shape index (κ3) is 8.19. The van der Waals surface area contributed by atoms with Crippen molar-refractivity contribution in [3.05, 3.63) is 52.5 Å². The van der Waals surface area contributed by atoms with Gasteiger partial charge in [0.05, 0.1) is 0 Å². The van der Waals surface area contributed by atoms with Crippen LogP contribution in [0.3, 0.4) is 0 Å². The first kappa shape index (κ1) is 27.4. The summed E-state index contributed by atoms with van der Waals surface area (Å²) in [6, 6.07) is 4.03. The average Bonchev–Trinajstić information content (AvgIpc) is 2.81. The second-order valence-electron chi connectivity index (χ2n) is 10.6. The van der Waals surface area contributed by atoms with Crippen LogP contribution < -0.4 is 16.0 Å². The van der Waals surface area contributed by atoms with Crippen molar-refractivity contribution in [1.82, 2.24) is 25.5 Å². The number of nitrogens with zero attached hydrogens (tertiary/aromatic N) is 3. The number of alkyl carbamates (subject to hydrolysis) is 1. The molecule has 0 unspecified atom stereocenters. The molecule has 0 spiro atoms. The number of likely N-dealkylation sites (tertiary alicyclic amines) is 1. The topological polar surface area (TPSA) is 108 Å². The van der Waals surface area contributed by atoms with Gasteiger partial charge in [0.25, 0.3) is 5.91 Å². The largest absolute Gasteiger partial charge is 0.444 e. The second kappa shape index (κ2) is 12.2. The summed E-state index contributed by atoms with van der Waals surface area (Å²) in [7, 11) is 2.15. The molecule has 0 atom stereocenters. The zero-order chi connectivity index (χ0) is 26.3. The fourth-order valence-electron chi connectivity index (χ4n) is 4.35. The highest BCUT2D eigenvalue weighted by atomic mass is 16.6. The number of aryl methyl sites for hydroxylation is 2. The fraction of sp³-hybridized carbons (Fsp3) is 0.556. The van der Waals surface area contributed by atoms with E-state index in [9.17, 15) is 9.59 Å². The van der Waals surface area contributed by atoms with Gasteiger partial charge in [-0.1, -0.05) is 12.1 Å². The van der Waals surface area contributed by atoms with E-state index in [1.165, 1.54) is 0 Å². The van der Waals surface area contributed by atoms with E-state index in [1.54, 1.807) is 12.4 Å². The van der Waals surface area contributed by atoms with Gasteiger partial charge in [-0.25, -0.2) is 14.8 Å². The summed E-state index contributed by atoms with van der Waals surface area (Å²) < 4.78 is 5.30. The van der Waals surface area contributed by atoms with Gasteiger partial charge in [0.1, 0.15) is 5.60 Å². The van der Waals surface area contributed by atoms with E-state index in [0.29, 0.717) is 30.5 Å². The molecule has 9 heteroatoms. The molecule has 1 saturated heterocycles. The third-order valence-electron chi connectivity index (χ3n) is 6.33. The number of aromatic nitrogens is 2. The Morgan fingerprint density at radius 2 is 1.67 bits per heavy atom. The molecule has 0 saturated carbocycles. The molecule has 1 fully saturated rings. The maximum absolute atomic E-state index is 13.0. The Bertz CT molecular complexity index is 1030. The average molecular weight is 497 g/mol. The first-order chi connectivity index (χ1) is 17.0. The van der Waals surface area contributed by atoms with E-state index in [4.69, 9.17) is 4.74 Å². The zero-order valence-electron chi connectivity index (χ0n) is 22.4. The molecule has 9 nitrogen and oxygen atoms in total. The number of anilines is 1. The van der Waals surface area contributed by atoms with Crippen LogP contribution in [0.4, 0.5) is 10.6 Å². The SMILES string of the molecule is Cc1cc(CNC(=O)OC(C)(C)C)cc(C)c1CNC(=O)c1nccnc1NCC1CCN(C)CC1. The van der Waals surface area contributed by atoms with Gasteiger partial charge in [-0.3, -0.25) is 4.79 Å². The van der Waals surface area contributed by atoms with Crippen molar-refractivity contribution in [3.63, 3.8) is 0 Å². The molecule has 1 aliphatic heterocycles. The number of ether oxygens (including phenoxy) is 1. The predicted octanol–water partition coefficient (Wildman–Crippen LogP) is 3.80. The predicted molar refractivity (Wildman–Crippen MR) is 141 cm³/mol. The van der Waals surface area contributed by atoms with Gasteiger partial charge in [-0.2, -0.15) is 0 Å². The summed E-state index contributed by atoms with van der Waals surface area (Å²) in [4.78, 5) is 36.0. The monoisotopic (exact) mass is 496 g/mol. The molecule has 196 valence electrons. The first-order valence-electron chi connectivity index (χ1n) is 12.6. The molecule has 1 aromatic carbocycles. The number of carbonyl (C=O) groups excluding carboxylic acids is 2. The Morgan fingerprint density at radius 3 is 2.31 bits per heavy atom. The number of benzene rings is 1. The van der Waals surface area contributed by atoms with Crippen molar-refractivity contribution in [2.45, 2.75) is 66.2 Å². The van der Waals surface area contributed by atoms with Crippen LogP contribution in [0.5, 0.6) is 0 Å². The lowest BCUT2D eigenvalue weighted by Gasteiger charge is -2.29. The smallest absolute Gasteiger partial charge is 0.407 e. The van der Waals surface area contributed by atoms with E-state index in [2.05, 4.69) is 37.9 Å². The highest BCUT2D eigenvalue weighted by Crippen LogP contribution is 2.19. The molecular weight excluding hydrogens is 456 g/mol. The molecule has 2 heterocycles. The minimum atomic E-state index is -0.538. The van der Waals surface area contributed by atoms with Crippen molar-refractivity contribution in [2.24, 2.45) is 5.92 Å². The van der Waals surface area contributed by atoms with Crippen LogP contribution in [-0.2, 0) is 17.8 Å². The second-order valence-corrected chi connectivity index (χ2v) is 10.6. The summed E-state index contributed by atoms with van der Waals surface area (Å²) in [5, 5.41) is 9.13. The highest BCUT2D eigenvalue weighted by molar-refractivity contribution is 5.96. The number of hydrogen-bond acceptors (Lipinski definition) is 7. The van der Waals surface area contributed by atoms with Crippen molar-refractivity contribution in [3.8, 4) is 0 Å². The number of amides is 2. The molecule has 2 aromatic rings. The van der Waals surface area contributed by atoms with Gasteiger partial charge in [0.15, 0.2) is 11.5 Å². The number of piperidine rings is 1. The van der Waals surface area contributed by atoms with Crippen LogP contribution in [0, 0.1) is 19.8 Å². The summed E-state index contributed by atoms with van der Waals surface area (Å²) >= 11 is 0. The Labute approximate surface area is 214 Å². The molecule has 0 radical (unpaired) electrons. The van der Waals surface area contributed by atoms with Crippen molar-refractivity contribution < 1.29 is 14.3 Å². The molecule has 3 N–H and O–H groups in total. The lowest BCUT2D eigenvalue weighted by Crippen LogP contribution is -2.33. The van der Waals surface area contributed by atoms with Gasteiger partial charge in [-0.15, -0.1) is 0 Å². The van der Waals surface area contributed by atoms with Crippen LogP contribution in [0.2, 0.25) is 0 Å². The van der Waals surface area contributed by atoms with Crippen LogP contribution in [0.1, 0.15) is 66.4 Å². The molecule has 0 aliphatic carbocycles. The summed E-state index contributed by atoms with van der Waals surface area (Å²) in [5.74, 6) is 0.821. The van der Waals surface area contributed by atoms with Gasteiger partial charge < -0.3 is 25.6 Å². The van der Waals surface area contributed by atoms with E-state index >= 15 is 0 Å². The van der Waals surface area contributed by atoms with Crippen LogP contribution in [-0.4, -0.2) is 59.2 Å². The van der Waals surface area contributed by atoms with E-state index in [1.807, 2.05) is 46.8 Å². The number of nitrogens with one attached hydrogen (secondary N) is 3. The molecule has 3 rings (SSSR count). The maximum Gasteiger partial charge on any atom is 0.407 e.